The van der Waals surface area contributed by atoms with Gasteiger partial charge in [0, 0.05) is 19.2 Å². The van der Waals surface area contributed by atoms with Crippen LogP contribution in [0.25, 0.3) is 0 Å². The molecule has 1 aromatic rings. The summed E-state index contributed by atoms with van der Waals surface area (Å²) in [5.74, 6) is 0.140. The second-order valence-electron chi connectivity index (χ2n) is 5.75. The molecule has 0 spiro atoms. The Morgan fingerprint density at radius 3 is 2.77 bits per heavy atom. The lowest BCUT2D eigenvalue weighted by atomic mass is 9.82. The Kier molecular flexibility index (Phi) is 4.90. The molecule has 6 heteroatoms. The summed E-state index contributed by atoms with van der Waals surface area (Å²) in [6, 6.07) is 7.01. The van der Waals surface area contributed by atoms with Crippen molar-refractivity contribution in [3.05, 3.63) is 24.3 Å². The van der Waals surface area contributed by atoms with Crippen LogP contribution in [0.5, 0.6) is 11.5 Å². The molecule has 1 unspecified atom stereocenters. The van der Waals surface area contributed by atoms with Crippen LogP contribution >= 0.6 is 0 Å². The van der Waals surface area contributed by atoms with Crippen LogP contribution in [-0.2, 0) is 9.59 Å². The molecule has 1 N–H and O–H groups in total. The van der Waals surface area contributed by atoms with Crippen molar-refractivity contribution in [1.82, 2.24) is 4.90 Å². The van der Waals surface area contributed by atoms with Gasteiger partial charge in [0.15, 0.2) is 6.61 Å². The number of carbonyl (C=O) groups excluding carboxylic acids is 1. The van der Waals surface area contributed by atoms with Gasteiger partial charge < -0.3 is 19.5 Å². The number of ether oxygens (including phenoxy) is 2. The Morgan fingerprint density at radius 1 is 1.36 bits per heavy atom. The molecule has 120 valence electrons. The normalized spacial score (nSPS) is 21.3. The third-order valence-corrected chi connectivity index (χ3v) is 3.97. The van der Waals surface area contributed by atoms with Crippen LogP contribution in [0.2, 0.25) is 0 Å². The summed E-state index contributed by atoms with van der Waals surface area (Å²) in [5, 5.41) is 9.28. The highest BCUT2D eigenvalue weighted by Crippen LogP contribution is 2.29. The second kappa shape index (κ2) is 6.68. The first-order chi connectivity index (χ1) is 10.4. The molecule has 0 aliphatic carbocycles. The molecule has 2 rings (SSSR count). The molecule has 1 amide bonds. The minimum absolute atomic E-state index is 0.108. The van der Waals surface area contributed by atoms with Crippen molar-refractivity contribution < 1.29 is 24.2 Å². The quantitative estimate of drug-likeness (QED) is 0.897. The molecule has 6 nitrogen and oxygen atoms in total. The zero-order chi connectivity index (χ0) is 16.2. The molecule has 1 atom stereocenters. The second-order valence-corrected chi connectivity index (χ2v) is 5.75. The predicted octanol–water partition coefficient (Wildman–Crippen LogP) is 1.79. The number of benzene rings is 1. The average Bonchev–Trinajstić information content (AvgIpc) is 2.52. The van der Waals surface area contributed by atoms with E-state index in [0.717, 1.165) is 0 Å². The van der Waals surface area contributed by atoms with Crippen LogP contribution in [0.15, 0.2) is 24.3 Å². The highest BCUT2D eigenvalue weighted by molar-refractivity contribution is 5.80. The van der Waals surface area contributed by atoms with Crippen molar-refractivity contribution in [2.45, 2.75) is 19.8 Å². The van der Waals surface area contributed by atoms with Gasteiger partial charge in [-0.15, -0.1) is 0 Å². The van der Waals surface area contributed by atoms with Crippen LogP contribution in [0, 0.1) is 5.41 Å². The zero-order valence-corrected chi connectivity index (χ0v) is 12.9. The summed E-state index contributed by atoms with van der Waals surface area (Å²) in [7, 11) is 1.56. The molecule has 0 aromatic heterocycles. The number of hydrogen-bond donors (Lipinski definition) is 1. The molecule has 1 aromatic carbocycles. The molecule has 0 bridgehead atoms. The van der Waals surface area contributed by atoms with Gasteiger partial charge in [0.05, 0.1) is 12.5 Å². The number of likely N-dealkylation sites (tertiary alicyclic amines) is 1. The number of carbonyl (C=O) groups is 2. The summed E-state index contributed by atoms with van der Waals surface area (Å²) in [6.45, 7) is 2.37. The van der Waals surface area contributed by atoms with E-state index < -0.39 is 11.4 Å². The molecular formula is C16H21NO5. The lowest BCUT2D eigenvalue weighted by Crippen LogP contribution is -2.49. The van der Waals surface area contributed by atoms with Crippen molar-refractivity contribution >= 4 is 11.9 Å². The van der Waals surface area contributed by atoms with Crippen molar-refractivity contribution in [3.63, 3.8) is 0 Å². The smallest absolute Gasteiger partial charge is 0.311 e. The zero-order valence-electron chi connectivity index (χ0n) is 12.9. The van der Waals surface area contributed by atoms with Crippen LogP contribution in [-0.4, -0.2) is 48.7 Å². The molecule has 1 heterocycles. The van der Waals surface area contributed by atoms with E-state index in [4.69, 9.17) is 9.47 Å². The van der Waals surface area contributed by atoms with Gasteiger partial charge in [-0.25, -0.2) is 0 Å². The number of amides is 1. The van der Waals surface area contributed by atoms with E-state index in [1.807, 2.05) is 0 Å². The number of carboxylic acids is 1. The van der Waals surface area contributed by atoms with E-state index in [1.54, 1.807) is 43.2 Å². The fraction of sp³-hybridized carbons (Fsp3) is 0.500. The first kappa shape index (κ1) is 16.1. The van der Waals surface area contributed by atoms with E-state index in [-0.39, 0.29) is 19.1 Å². The molecule has 22 heavy (non-hydrogen) atoms. The summed E-state index contributed by atoms with van der Waals surface area (Å²) >= 11 is 0. The van der Waals surface area contributed by atoms with Crippen LogP contribution in [0.3, 0.4) is 0 Å². The van der Waals surface area contributed by atoms with Crippen molar-refractivity contribution in [1.29, 1.82) is 0 Å². The maximum atomic E-state index is 12.2. The number of nitrogens with zero attached hydrogens (tertiary/aromatic N) is 1. The fourth-order valence-corrected chi connectivity index (χ4v) is 2.55. The van der Waals surface area contributed by atoms with Crippen molar-refractivity contribution in [2.75, 3.05) is 26.8 Å². The maximum Gasteiger partial charge on any atom is 0.311 e. The summed E-state index contributed by atoms with van der Waals surface area (Å²) in [4.78, 5) is 25.1. The number of aliphatic carboxylic acids is 1. The Bertz CT molecular complexity index is 559. The monoisotopic (exact) mass is 307 g/mol. The van der Waals surface area contributed by atoms with E-state index in [1.165, 1.54) is 0 Å². The third kappa shape index (κ3) is 3.69. The Morgan fingerprint density at radius 2 is 2.09 bits per heavy atom. The molecule has 1 fully saturated rings. The Hall–Kier alpha value is -2.24. The number of rotatable bonds is 5. The van der Waals surface area contributed by atoms with Crippen molar-refractivity contribution in [2.24, 2.45) is 5.41 Å². The largest absolute Gasteiger partial charge is 0.497 e. The van der Waals surface area contributed by atoms with Gasteiger partial charge >= 0.3 is 5.97 Å². The fourth-order valence-electron chi connectivity index (χ4n) is 2.55. The van der Waals surface area contributed by atoms with Gasteiger partial charge in [0.1, 0.15) is 11.5 Å². The van der Waals surface area contributed by atoms with Crippen molar-refractivity contribution in [3.8, 4) is 11.5 Å². The van der Waals surface area contributed by atoms with Crippen LogP contribution in [0.4, 0.5) is 0 Å². The predicted molar refractivity (Wildman–Crippen MR) is 80.0 cm³/mol. The third-order valence-electron chi connectivity index (χ3n) is 3.97. The van der Waals surface area contributed by atoms with Gasteiger partial charge in [-0.3, -0.25) is 9.59 Å². The van der Waals surface area contributed by atoms with Gasteiger partial charge in [0.25, 0.3) is 5.91 Å². The molecule has 1 saturated heterocycles. The Balaban J connectivity index is 1.93. The lowest BCUT2D eigenvalue weighted by Gasteiger charge is -2.37. The first-order valence-corrected chi connectivity index (χ1v) is 7.23. The highest BCUT2D eigenvalue weighted by atomic mass is 16.5. The average molecular weight is 307 g/mol. The maximum absolute atomic E-state index is 12.2. The number of carboxylic acid groups (broad SMARTS) is 1. The summed E-state index contributed by atoms with van der Waals surface area (Å²) in [6.07, 6.45) is 1.27. The topological polar surface area (TPSA) is 76.1 Å². The van der Waals surface area contributed by atoms with Gasteiger partial charge in [-0.05, 0) is 31.9 Å². The molecule has 0 saturated carbocycles. The van der Waals surface area contributed by atoms with Crippen LogP contribution < -0.4 is 9.47 Å². The minimum atomic E-state index is -0.871. The minimum Gasteiger partial charge on any atom is -0.497 e. The van der Waals surface area contributed by atoms with Gasteiger partial charge in [-0.1, -0.05) is 6.07 Å². The number of methoxy groups -OCH3 is 1. The van der Waals surface area contributed by atoms with Gasteiger partial charge in [0.2, 0.25) is 0 Å². The molecule has 1 aliphatic heterocycles. The standard InChI is InChI=1S/C16H21NO5/c1-16(15(19)20)7-4-8-17(11-16)14(18)10-22-13-6-3-5-12(9-13)21-2/h3,5-6,9H,4,7-8,10-11H2,1-2H3,(H,19,20). The van der Waals surface area contributed by atoms with Crippen LogP contribution in [0.1, 0.15) is 19.8 Å². The summed E-state index contributed by atoms with van der Waals surface area (Å²) in [5.41, 5.74) is -0.871. The Labute approximate surface area is 129 Å². The highest BCUT2D eigenvalue weighted by Gasteiger charge is 2.39. The van der Waals surface area contributed by atoms with E-state index in [9.17, 15) is 14.7 Å². The lowest BCUT2D eigenvalue weighted by molar-refractivity contribution is -0.153. The van der Waals surface area contributed by atoms with E-state index in [0.29, 0.717) is 30.9 Å². The SMILES string of the molecule is COc1cccc(OCC(=O)N2CCCC(C)(C(=O)O)C2)c1. The van der Waals surface area contributed by atoms with E-state index in [2.05, 4.69) is 0 Å². The van der Waals surface area contributed by atoms with E-state index >= 15 is 0 Å². The number of hydrogen-bond acceptors (Lipinski definition) is 4. The summed E-state index contributed by atoms with van der Waals surface area (Å²) < 4.78 is 10.6. The molecule has 1 aliphatic rings. The van der Waals surface area contributed by atoms with Gasteiger partial charge in [-0.2, -0.15) is 0 Å². The first-order valence-electron chi connectivity index (χ1n) is 7.23. The molecular weight excluding hydrogens is 286 g/mol. The number of piperidine rings is 1. The molecule has 0 radical (unpaired) electrons.